The number of aryl methyl sites for hydroxylation is 1. The van der Waals surface area contributed by atoms with E-state index in [-0.39, 0.29) is 29.7 Å². The number of H-pyrrole nitrogens is 1. The zero-order chi connectivity index (χ0) is 26.8. The van der Waals surface area contributed by atoms with E-state index >= 15 is 0 Å². The zero-order valence-corrected chi connectivity index (χ0v) is 22.7. The van der Waals surface area contributed by atoms with Gasteiger partial charge in [-0.3, -0.25) is 19.6 Å². The molecule has 3 aliphatic rings. The number of hydrogen-bond acceptors (Lipinski definition) is 8. The topological polar surface area (TPSA) is 113 Å². The summed E-state index contributed by atoms with van der Waals surface area (Å²) in [4.78, 5) is 34.6. The molecule has 1 aliphatic carbocycles. The second kappa shape index (κ2) is 11.4. The Balaban J connectivity index is 1.20. The third-order valence-corrected chi connectivity index (χ3v) is 7.99. The van der Waals surface area contributed by atoms with Crippen LogP contribution in [0.3, 0.4) is 0 Å². The molecular formula is C28H32N6O4S. The summed E-state index contributed by atoms with van der Waals surface area (Å²) in [6.45, 7) is 3.94. The van der Waals surface area contributed by atoms with E-state index in [2.05, 4.69) is 31.5 Å². The molecule has 3 heterocycles. The molecule has 4 bridgehead atoms. The van der Waals surface area contributed by atoms with Crippen LogP contribution < -0.4 is 10.1 Å². The van der Waals surface area contributed by atoms with Gasteiger partial charge in [-0.2, -0.15) is 0 Å². The third kappa shape index (κ3) is 6.60. The second-order valence-corrected chi connectivity index (χ2v) is 11.3. The number of carbonyl (C=O) groups excluding carboxylic acids is 2. The average molecular weight is 549 g/mol. The van der Waals surface area contributed by atoms with Crippen molar-refractivity contribution < 1.29 is 19.1 Å². The summed E-state index contributed by atoms with van der Waals surface area (Å²) in [5, 5.41) is 10.6. The maximum Gasteiger partial charge on any atom is 0.234 e. The first-order chi connectivity index (χ1) is 19.0. The van der Waals surface area contributed by atoms with Crippen molar-refractivity contribution in [2.45, 2.75) is 56.3 Å². The predicted molar refractivity (Wildman–Crippen MR) is 145 cm³/mol. The average Bonchev–Trinajstić information content (AvgIpc) is 3.57. The molecule has 11 heteroatoms. The quantitative estimate of drug-likeness (QED) is 0.479. The Morgan fingerprint density at radius 3 is 2.59 bits per heavy atom. The van der Waals surface area contributed by atoms with Gasteiger partial charge in [0.25, 0.3) is 0 Å². The molecule has 204 valence electrons. The molecule has 2 aliphatic heterocycles. The molecule has 2 amide bonds. The van der Waals surface area contributed by atoms with Crippen molar-refractivity contribution in [3.8, 4) is 11.5 Å². The maximum atomic E-state index is 13.3. The van der Waals surface area contributed by atoms with E-state index in [0.717, 1.165) is 35.5 Å². The Morgan fingerprint density at radius 1 is 1.08 bits per heavy atom. The third-order valence-electron chi connectivity index (χ3n) is 7.16. The Hall–Kier alpha value is -3.41. The van der Waals surface area contributed by atoms with Gasteiger partial charge in [-0.05, 0) is 55.2 Å². The van der Waals surface area contributed by atoms with Gasteiger partial charge in [0.2, 0.25) is 17.0 Å². The number of benzene rings is 2. The second-order valence-electron chi connectivity index (χ2n) is 10.3. The number of rotatable bonds is 4. The molecule has 2 atom stereocenters. The van der Waals surface area contributed by atoms with E-state index in [1.54, 1.807) is 4.90 Å². The highest BCUT2D eigenvalue weighted by atomic mass is 32.2. The van der Waals surface area contributed by atoms with Crippen molar-refractivity contribution in [1.82, 2.24) is 30.3 Å². The fourth-order valence-electron chi connectivity index (χ4n) is 5.06. The molecule has 1 saturated heterocycles. The Kier molecular flexibility index (Phi) is 7.53. The number of likely N-dealkylation sites (tertiary alicyclic amines) is 1. The number of nitrogens with one attached hydrogen (secondary N) is 2. The fourth-order valence-corrected chi connectivity index (χ4v) is 5.81. The highest BCUT2D eigenvalue weighted by molar-refractivity contribution is 7.99. The molecule has 0 radical (unpaired) electrons. The van der Waals surface area contributed by atoms with E-state index < -0.39 is 0 Å². The number of aromatic amines is 1. The summed E-state index contributed by atoms with van der Waals surface area (Å²) in [7, 11) is 0. The minimum absolute atomic E-state index is 0.0343. The van der Waals surface area contributed by atoms with Crippen LogP contribution in [0.1, 0.15) is 29.8 Å². The monoisotopic (exact) mass is 548 g/mol. The number of thioether (sulfide) groups is 1. The first kappa shape index (κ1) is 25.8. The van der Waals surface area contributed by atoms with E-state index in [1.165, 1.54) is 11.8 Å². The van der Waals surface area contributed by atoms with Gasteiger partial charge in [0.1, 0.15) is 17.3 Å². The minimum atomic E-state index is -0.326. The number of fused-ring (bicyclic) bond motifs is 5. The van der Waals surface area contributed by atoms with Gasteiger partial charge in [0, 0.05) is 25.7 Å². The number of nitrogens with zero attached hydrogens (tertiary/aromatic N) is 4. The van der Waals surface area contributed by atoms with Crippen LogP contribution in [0.25, 0.3) is 0 Å². The van der Waals surface area contributed by atoms with Crippen LogP contribution in [-0.4, -0.2) is 80.4 Å². The van der Waals surface area contributed by atoms with E-state index in [4.69, 9.17) is 9.47 Å². The van der Waals surface area contributed by atoms with Gasteiger partial charge >= 0.3 is 0 Å². The van der Waals surface area contributed by atoms with Gasteiger partial charge in [-0.1, -0.05) is 36.0 Å². The summed E-state index contributed by atoms with van der Waals surface area (Å²) in [5.74, 6) is 2.35. The van der Waals surface area contributed by atoms with Crippen LogP contribution in [-0.2, 0) is 27.5 Å². The molecule has 2 aromatic carbocycles. The van der Waals surface area contributed by atoms with Gasteiger partial charge in [-0.25, -0.2) is 4.98 Å². The molecule has 2 fully saturated rings. The molecule has 10 nitrogen and oxygen atoms in total. The molecule has 2 N–H and O–H groups in total. The lowest BCUT2D eigenvalue weighted by Crippen LogP contribution is -2.48. The standard InChI is InChI=1S/C28H32N6O4S/c1-18-29-28(32-31-18)39-17-27(36)34-13-24-25(14-34)37-16-20-5-3-7-23(11-20)38-22-6-2-4-19(10-22)12-33(21-8-9-21)15-26(35)30-24/h2-7,10-11,21,24-25H,8-9,12-17H2,1H3,(H,30,35)(H,29,31,32)/t24-,25-/m0/s1. The van der Waals surface area contributed by atoms with Crippen LogP contribution >= 0.6 is 11.8 Å². The molecular weight excluding hydrogens is 516 g/mol. The van der Waals surface area contributed by atoms with Gasteiger partial charge in [0.15, 0.2) is 0 Å². The van der Waals surface area contributed by atoms with E-state index in [0.29, 0.717) is 49.8 Å². The number of aromatic nitrogens is 3. The first-order valence-electron chi connectivity index (χ1n) is 13.3. The van der Waals surface area contributed by atoms with Crippen molar-refractivity contribution in [3.05, 3.63) is 65.5 Å². The SMILES string of the molecule is Cc1nc(SCC(=O)N2C[C@@H]3NC(=O)CN(C4CC4)Cc4cccc(c4)Oc4cccc(c4)CO[C@H]3C2)n[nH]1. The van der Waals surface area contributed by atoms with Crippen LogP contribution in [0.5, 0.6) is 11.5 Å². The van der Waals surface area contributed by atoms with Crippen molar-refractivity contribution in [2.75, 3.05) is 25.4 Å². The van der Waals surface area contributed by atoms with E-state index in [1.807, 2.05) is 49.4 Å². The molecule has 39 heavy (non-hydrogen) atoms. The fraction of sp³-hybridized carbons (Fsp3) is 0.429. The van der Waals surface area contributed by atoms with Crippen molar-refractivity contribution in [1.29, 1.82) is 0 Å². The summed E-state index contributed by atoms with van der Waals surface area (Å²) in [6.07, 6.45) is 1.86. The molecule has 1 aromatic heterocycles. The summed E-state index contributed by atoms with van der Waals surface area (Å²) >= 11 is 1.30. The summed E-state index contributed by atoms with van der Waals surface area (Å²) < 4.78 is 12.5. The van der Waals surface area contributed by atoms with Crippen LogP contribution in [0.15, 0.2) is 53.7 Å². The Morgan fingerprint density at radius 2 is 1.85 bits per heavy atom. The van der Waals surface area contributed by atoms with E-state index in [9.17, 15) is 9.59 Å². The number of amides is 2. The molecule has 0 unspecified atom stereocenters. The summed E-state index contributed by atoms with van der Waals surface area (Å²) in [5.41, 5.74) is 2.06. The largest absolute Gasteiger partial charge is 0.457 e. The van der Waals surface area contributed by atoms with Crippen molar-refractivity contribution in [3.63, 3.8) is 0 Å². The Labute approximate surface area is 231 Å². The smallest absolute Gasteiger partial charge is 0.234 e. The molecule has 1 saturated carbocycles. The van der Waals surface area contributed by atoms with Gasteiger partial charge in [-0.15, -0.1) is 5.10 Å². The molecule has 3 aromatic rings. The normalized spacial score (nSPS) is 22.2. The van der Waals surface area contributed by atoms with Gasteiger partial charge < -0.3 is 19.7 Å². The number of hydrogen-bond donors (Lipinski definition) is 2. The van der Waals surface area contributed by atoms with Crippen LogP contribution in [0.2, 0.25) is 0 Å². The molecule has 6 rings (SSSR count). The lowest BCUT2D eigenvalue weighted by atomic mass is 10.1. The van der Waals surface area contributed by atoms with Crippen LogP contribution in [0.4, 0.5) is 0 Å². The van der Waals surface area contributed by atoms with Crippen LogP contribution in [0, 0.1) is 6.92 Å². The number of ether oxygens (including phenoxy) is 2. The number of carbonyl (C=O) groups is 2. The zero-order valence-electron chi connectivity index (χ0n) is 21.8. The highest BCUT2D eigenvalue weighted by Gasteiger charge is 2.38. The molecule has 0 spiro atoms. The highest BCUT2D eigenvalue weighted by Crippen LogP contribution is 2.30. The van der Waals surface area contributed by atoms with Crippen molar-refractivity contribution >= 4 is 23.6 Å². The predicted octanol–water partition coefficient (Wildman–Crippen LogP) is 2.89. The summed E-state index contributed by atoms with van der Waals surface area (Å²) in [6, 6.07) is 16.0. The lowest BCUT2D eigenvalue weighted by molar-refractivity contribution is -0.128. The first-order valence-corrected chi connectivity index (χ1v) is 14.3. The van der Waals surface area contributed by atoms with Gasteiger partial charge in [0.05, 0.1) is 31.1 Å². The lowest BCUT2D eigenvalue weighted by Gasteiger charge is -2.25. The Bertz CT molecular complexity index is 1340. The minimum Gasteiger partial charge on any atom is -0.457 e. The maximum absolute atomic E-state index is 13.3. The van der Waals surface area contributed by atoms with Crippen molar-refractivity contribution in [2.24, 2.45) is 0 Å².